The predicted molar refractivity (Wildman–Crippen MR) is 80.7 cm³/mol. The molecule has 0 saturated heterocycles. The normalized spacial score (nSPS) is 19.7. The second-order valence-electron chi connectivity index (χ2n) is 5.47. The summed E-state index contributed by atoms with van der Waals surface area (Å²) in [6.45, 7) is 1.99. The van der Waals surface area contributed by atoms with Gasteiger partial charge in [-0.25, -0.2) is 0 Å². The molecule has 1 aliphatic carbocycles. The maximum absolute atomic E-state index is 12.3. The number of hydrogen-bond donors (Lipinski definition) is 2. The van der Waals surface area contributed by atoms with Gasteiger partial charge in [0.25, 0.3) is 0 Å². The van der Waals surface area contributed by atoms with Gasteiger partial charge in [-0.15, -0.1) is 0 Å². The topological polar surface area (TPSA) is 55.1 Å². The summed E-state index contributed by atoms with van der Waals surface area (Å²) in [7, 11) is 0. The van der Waals surface area contributed by atoms with Crippen LogP contribution in [0.5, 0.6) is 0 Å². The molecule has 1 saturated carbocycles. The van der Waals surface area contributed by atoms with E-state index in [1.165, 1.54) is 6.42 Å². The molecule has 0 aliphatic heterocycles. The average molecular weight is 325 g/mol. The molecule has 3 N–H and O–H groups in total. The Bertz CT molecular complexity index is 455. The van der Waals surface area contributed by atoms with Crippen molar-refractivity contribution in [2.75, 3.05) is 0 Å². The van der Waals surface area contributed by atoms with E-state index in [1.54, 1.807) is 0 Å². The van der Waals surface area contributed by atoms with Crippen LogP contribution in [0.3, 0.4) is 0 Å². The highest BCUT2D eigenvalue weighted by molar-refractivity contribution is 9.10. The number of nitrogens with two attached hydrogens (primary N) is 1. The van der Waals surface area contributed by atoms with Crippen molar-refractivity contribution in [2.45, 2.75) is 50.6 Å². The highest BCUT2D eigenvalue weighted by atomic mass is 79.9. The molecule has 0 bridgehead atoms. The quantitative estimate of drug-likeness (QED) is 0.896. The van der Waals surface area contributed by atoms with Crippen molar-refractivity contribution >= 4 is 21.8 Å². The fourth-order valence-electron chi connectivity index (χ4n) is 2.61. The van der Waals surface area contributed by atoms with E-state index >= 15 is 0 Å². The Kier molecular flexibility index (Phi) is 4.63. The van der Waals surface area contributed by atoms with Crippen LogP contribution in [0, 0.1) is 0 Å². The molecule has 2 rings (SSSR count). The molecule has 0 aromatic heterocycles. The van der Waals surface area contributed by atoms with E-state index in [2.05, 4.69) is 21.2 Å². The second-order valence-corrected chi connectivity index (χ2v) is 6.38. The zero-order valence-corrected chi connectivity index (χ0v) is 12.9. The van der Waals surface area contributed by atoms with Crippen LogP contribution in [0.4, 0.5) is 0 Å². The first-order valence-corrected chi connectivity index (χ1v) is 7.66. The predicted octanol–water partition coefficient (Wildman–Crippen LogP) is 3.29. The lowest BCUT2D eigenvalue weighted by molar-refractivity contribution is -0.128. The summed E-state index contributed by atoms with van der Waals surface area (Å²) in [5, 5.41) is 3.05. The molecule has 4 heteroatoms. The average Bonchev–Trinajstić information content (AvgIpc) is 2.39. The van der Waals surface area contributed by atoms with E-state index in [1.807, 2.05) is 31.2 Å². The fraction of sp³-hybridized carbons (Fsp3) is 0.533. The van der Waals surface area contributed by atoms with Crippen molar-refractivity contribution in [3.05, 3.63) is 34.3 Å². The molecular weight excluding hydrogens is 304 g/mol. The Hall–Kier alpha value is -0.870. The Morgan fingerprint density at radius 3 is 2.68 bits per heavy atom. The first-order chi connectivity index (χ1) is 9.01. The summed E-state index contributed by atoms with van der Waals surface area (Å²) in [5.41, 5.74) is 6.65. The molecule has 3 nitrogen and oxygen atoms in total. The Morgan fingerprint density at radius 2 is 2.05 bits per heavy atom. The Labute approximate surface area is 123 Å². The van der Waals surface area contributed by atoms with Gasteiger partial charge in [-0.2, -0.15) is 0 Å². The van der Waals surface area contributed by atoms with Crippen LogP contribution in [0.25, 0.3) is 0 Å². The van der Waals surface area contributed by atoms with Gasteiger partial charge in [0.15, 0.2) is 0 Å². The molecule has 104 valence electrons. The molecule has 1 aromatic rings. The van der Waals surface area contributed by atoms with Gasteiger partial charge in [0, 0.05) is 4.47 Å². The minimum Gasteiger partial charge on any atom is -0.348 e. The van der Waals surface area contributed by atoms with Crippen LogP contribution in [0.1, 0.15) is 50.6 Å². The molecule has 1 aromatic carbocycles. The van der Waals surface area contributed by atoms with Gasteiger partial charge in [-0.1, -0.05) is 47.3 Å². The molecule has 0 unspecified atom stereocenters. The number of benzene rings is 1. The van der Waals surface area contributed by atoms with Gasteiger partial charge in [-0.05, 0) is 37.5 Å². The monoisotopic (exact) mass is 324 g/mol. The largest absolute Gasteiger partial charge is 0.348 e. The molecule has 1 aliphatic rings. The lowest BCUT2D eigenvalue weighted by Crippen LogP contribution is -2.55. The molecule has 0 heterocycles. The number of halogens is 1. The van der Waals surface area contributed by atoms with Crippen molar-refractivity contribution in [3.63, 3.8) is 0 Å². The number of carbonyl (C=O) groups is 1. The van der Waals surface area contributed by atoms with Crippen molar-refractivity contribution in [3.8, 4) is 0 Å². The van der Waals surface area contributed by atoms with E-state index < -0.39 is 5.54 Å². The van der Waals surface area contributed by atoms with E-state index in [0.29, 0.717) is 0 Å². The van der Waals surface area contributed by atoms with Gasteiger partial charge < -0.3 is 11.1 Å². The lowest BCUT2D eigenvalue weighted by Gasteiger charge is -2.33. The molecule has 0 radical (unpaired) electrons. The van der Waals surface area contributed by atoms with Gasteiger partial charge in [-0.3, -0.25) is 4.79 Å². The minimum absolute atomic E-state index is 0.0142. The van der Waals surface area contributed by atoms with Crippen LogP contribution < -0.4 is 11.1 Å². The van der Waals surface area contributed by atoms with Crippen LogP contribution in [-0.4, -0.2) is 11.4 Å². The van der Waals surface area contributed by atoms with Crippen molar-refractivity contribution < 1.29 is 4.79 Å². The van der Waals surface area contributed by atoms with Crippen LogP contribution in [0.15, 0.2) is 28.7 Å². The summed E-state index contributed by atoms with van der Waals surface area (Å²) in [6.07, 6.45) is 4.88. The van der Waals surface area contributed by atoms with Crippen molar-refractivity contribution in [2.24, 2.45) is 5.73 Å². The third kappa shape index (κ3) is 3.57. The zero-order chi connectivity index (χ0) is 13.9. The number of amides is 1. The van der Waals surface area contributed by atoms with Crippen molar-refractivity contribution in [1.82, 2.24) is 5.32 Å². The number of hydrogen-bond acceptors (Lipinski definition) is 2. The standard InChI is InChI=1S/C15H21BrN2O/c1-11(12-6-5-7-13(16)10-12)18-14(19)15(17)8-3-2-4-9-15/h5-7,10-11H,2-4,8-9,17H2,1H3,(H,18,19)/t11-/m1/s1. The number of rotatable bonds is 3. The summed E-state index contributed by atoms with van der Waals surface area (Å²) < 4.78 is 1.02. The molecule has 0 spiro atoms. The summed E-state index contributed by atoms with van der Waals surface area (Å²) in [5.74, 6) is -0.0142. The number of nitrogens with one attached hydrogen (secondary N) is 1. The Morgan fingerprint density at radius 1 is 1.37 bits per heavy atom. The SMILES string of the molecule is C[C@@H](NC(=O)C1(N)CCCCC1)c1cccc(Br)c1. The maximum atomic E-state index is 12.3. The minimum atomic E-state index is -0.668. The van der Waals surface area contributed by atoms with Gasteiger partial charge >= 0.3 is 0 Å². The van der Waals surface area contributed by atoms with Gasteiger partial charge in [0.1, 0.15) is 0 Å². The second kappa shape index (κ2) is 6.06. The summed E-state index contributed by atoms with van der Waals surface area (Å²) in [4.78, 5) is 12.3. The summed E-state index contributed by atoms with van der Waals surface area (Å²) >= 11 is 3.45. The third-order valence-corrected chi connectivity index (χ3v) is 4.39. The zero-order valence-electron chi connectivity index (χ0n) is 11.3. The van der Waals surface area contributed by atoms with Gasteiger partial charge in [0.05, 0.1) is 11.6 Å². The molecule has 19 heavy (non-hydrogen) atoms. The van der Waals surface area contributed by atoms with Crippen LogP contribution >= 0.6 is 15.9 Å². The highest BCUT2D eigenvalue weighted by Gasteiger charge is 2.35. The van der Waals surface area contributed by atoms with E-state index in [-0.39, 0.29) is 11.9 Å². The van der Waals surface area contributed by atoms with E-state index in [4.69, 9.17) is 5.73 Å². The van der Waals surface area contributed by atoms with Crippen LogP contribution in [0.2, 0.25) is 0 Å². The highest BCUT2D eigenvalue weighted by Crippen LogP contribution is 2.27. The fourth-order valence-corrected chi connectivity index (χ4v) is 3.03. The van der Waals surface area contributed by atoms with Crippen molar-refractivity contribution in [1.29, 1.82) is 0 Å². The first-order valence-electron chi connectivity index (χ1n) is 6.86. The third-order valence-electron chi connectivity index (χ3n) is 3.89. The lowest BCUT2D eigenvalue weighted by atomic mass is 9.81. The maximum Gasteiger partial charge on any atom is 0.240 e. The first kappa shape index (κ1) is 14.5. The van der Waals surface area contributed by atoms with E-state index in [9.17, 15) is 4.79 Å². The molecule has 1 atom stereocenters. The van der Waals surface area contributed by atoms with Gasteiger partial charge in [0.2, 0.25) is 5.91 Å². The van der Waals surface area contributed by atoms with E-state index in [0.717, 1.165) is 35.7 Å². The smallest absolute Gasteiger partial charge is 0.240 e. The number of carbonyl (C=O) groups excluding carboxylic acids is 1. The molecule has 1 fully saturated rings. The molecular formula is C15H21BrN2O. The molecule has 1 amide bonds. The Balaban J connectivity index is 2.02. The van der Waals surface area contributed by atoms with Crippen LogP contribution in [-0.2, 0) is 4.79 Å². The summed E-state index contributed by atoms with van der Waals surface area (Å²) in [6, 6.07) is 7.96.